The number of nitrogens with one attached hydrogen (secondary N) is 1. The third-order valence-corrected chi connectivity index (χ3v) is 4.58. The first-order chi connectivity index (χ1) is 8.69. The average Bonchev–Trinajstić information content (AvgIpc) is 3.10. The van der Waals surface area contributed by atoms with Crippen molar-refractivity contribution < 1.29 is 9.90 Å². The van der Waals surface area contributed by atoms with Crippen LogP contribution in [0, 0.1) is 0 Å². The van der Waals surface area contributed by atoms with Gasteiger partial charge in [-0.2, -0.15) is 0 Å². The molecule has 0 bridgehead atoms. The Hall–Kier alpha value is -0.430. The second kappa shape index (κ2) is 6.65. The number of carbonyl (C=O) groups is 1. The number of aliphatic hydroxyl groups excluding tert-OH is 1. The summed E-state index contributed by atoms with van der Waals surface area (Å²) in [5.74, 6) is 0.0277. The molecule has 1 fully saturated rings. The fourth-order valence-corrected chi connectivity index (χ4v) is 3.22. The van der Waals surface area contributed by atoms with Crippen molar-refractivity contribution in [2.75, 3.05) is 19.7 Å². The quantitative estimate of drug-likeness (QED) is 0.797. The predicted octanol–water partition coefficient (Wildman–Crippen LogP) is 1.58. The Balaban J connectivity index is 1.73. The summed E-state index contributed by atoms with van der Waals surface area (Å²) in [6.45, 7) is 1.66. The van der Waals surface area contributed by atoms with Gasteiger partial charge >= 0.3 is 0 Å². The van der Waals surface area contributed by atoms with E-state index in [2.05, 4.69) is 26.1 Å². The molecule has 6 heteroatoms. The number of aliphatic hydroxyl groups is 1. The molecule has 1 heterocycles. The molecule has 0 unspecified atom stereocenters. The second-order valence-corrected chi connectivity index (χ2v) is 6.34. The lowest BCUT2D eigenvalue weighted by atomic mass is 10.4. The van der Waals surface area contributed by atoms with Gasteiger partial charge in [0.2, 0.25) is 5.91 Å². The van der Waals surface area contributed by atoms with E-state index in [9.17, 15) is 4.79 Å². The van der Waals surface area contributed by atoms with Crippen molar-refractivity contribution in [2.45, 2.75) is 25.4 Å². The van der Waals surface area contributed by atoms with Crippen molar-refractivity contribution in [1.29, 1.82) is 0 Å². The molecule has 1 aromatic heterocycles. The zero-order valence-corrected chi connectivity index (χ0v) is 12.5. The van der Waals surface area contributed by atoms with E-state index in [1.165, 1.54) is 0 Å². The number of rotatable bonds is 7. The fraction of sp³-hybridized carbons (Fsp3) is 0.583. The van der Waals surface area contributed by atoms with Crippen LogP contribution in [0.25, 0.3) is 0 Å². The van der Waals surface area contributed by atoms with Gasteiger partial charge in [0.25, 0.3) is 0 Å². The van der Waals surface area contributed by atoms with Gasteiger partial charge in [0.15, 0.2) is 0 Å². The number of nitrogens with zero attached hydrogens (tertiary/aromatic N) is 1. The van der Waals surface area contributed by atoms with Gasteiger partial charge in [0, 0.05) is 27.3 Å². The largest absolute Gasteiger partial charge is 0.395 e. The Bertz CT molecular complexity index is 407. The van der Waals surface area contributed by atoms with Gasteiger partial charge in [-0.15, -0.1) is 11.3 Å². The molecule has 4 nitrogen and oxygen atoms in total. The summed E-state index contributed by atoms with van der Waals surface area (Å²) < 4.78 is 1.05. The highest BCUT2D eigenvalue weighted by Gasteiger charge is 2.29. The van der Waals surface area contributed by atoms with Crippen LogP contribution in [0.1, 0.15) is 17.7 Å². The van der Waals surface area contributed by atoms with Crippen LogP contribution in [0.4, 0.5) is 0 Å². The molecule has 2 rings (SSSR count). The van der Waals surface area contributed by atoms with E-state index in [0.717, 1.165) is 22.2 Å². The molecule has 0 saturated heterocycles. The van der Waals surface area contributed by atoms with Crippen LogP contribution >= 0.6 is 27.3 Å². The van der Waals surface area contributed by atoms with E-state index in [0.29, 0.717) is 25.7 Å². The maximum atomic E-state index is 11.8. The molecular formula is C12H17BrN2O2S. The average molecular weight is 333 g/mol. The summed E-state index contributed by atoms with van der Waals surface area (Å²) in [7, 11) is 0. The van der Waals surface area contributed by atoms with Crippen molar-refractivity contribution in [3.05, 3.63) is 20.8 Å². The van der Waals surface area contributed by atoms with E-state index >= 15 is 0 Å². The monoisotopic (exact) mass is 332 g/mol. The second-order valence-electron chi connectivity index (χ2n) is 4.43. The number of carbonyl (C=O) groups excluding carboxylic acids is 1. The van der Waals surface area contributed by atoms with Gasteiger partial charge in [-0.1, -0.05) is 0 Å². The van der Waals surface area contributed by atoms with E-state index in [-0.39, 0.29) is 12.5 Å². The van der Waals surface area contributed by atoms with Crippen molar-refractivity contribution in [3.63, 3.8) is 0 Å². The molecule has 0 aliphatic heterocycles. The van der Waals surface area contributed by atoms with Gasteiger partial charge in [-0.05, 0) is 34.8 Å². The lowest BCUT2D eigenvalue weighted by molar-refractivity contribution is -0.122. The normalized spacial score (nSPS) is 15.1. The molecule has 1 amide bonds. The van der Waals surface area contributed by atoms with E-state index < -0.39 is 0 Å². The summed E-state index contributed by atoms with van der Waals surface area (Å²) in [5.41, 5.74) is 0. The van der Waals surface area contributed by atoms with E-state index in [1.54, 1.807) is 11.3 Å². The summed E-state index contributed by atoms with van der Waals surface area (Å²) in [6, 6.07) is 2.51. The lowest BCUT2D eigenvalue weighted by Crippen LogP contribution is -2.39. The minimum atomic E-state index is 0.0277. The molecule has 1 saturated carbocycles. The van der Waals surface area contributed by atoms with Gasteiger partial charge in [-0.3, -0.25) is 9.69 Å². The SMILES string of the molecule is O=C(CN(CCO)C1CC1)NCc1cc(Br)cs1. The van der Waals surface area contributed by atoms with Gasteiger partial charge in [0.05, 0.1) is 19.7 Å². The molecule has 0 radical (unpaired) electrons. The number of thiophene rings is 1. The first kappa shape index (κ1) is 14.0. The van der Waals surface area contributed by atoms with Crippen LogP contribution in [0.3, 0.4) is 0 Å². The molecule has 0 aromatic carbocycles. The van der Waals surface area contributed by atoms with Gasteiger partial charge in [0.1, 0.15) is 0 Å². The highest BCUT2D eigenvalue weighted by atomic mass is 79.9. The molecule has 1 aliphatic rings. The molecular weight excluding hydrogens is 316 g/mol. The Morgan fingerprint density at radius 1 is 1.61 bits per heavy atom. The zero-order valence-electron chi connectivity index (χ0n) is 10.1. The minimum Gasteiger partial charge on any atom is -0.395 e. The first-order valence-corrected chi connectivity index (χ1v) is 7.71. The highest BCUT2D eigenvalue weighted by molar-refractivity contribution is 9.10. The summed E-state index contributed by atoms with van der Waals surface area (Å²) in [6.07, 6.45) is 2.29. The number of amides is 1. The number of hydrogen-bond acceptors (Lipinski definition) is 4. The van der Waals surface area contributed by atoms with Crippen LogP contribution in [0.2, 0.25) is 0 Å². The van der Waals surface area contributed by atoms with Crippen molar-refractivity contribution >= 4 is 33.2 Å². The molecule has 100 valence electrons. The Morgan fingerprint density at radius 2 is 2.39 bits per heavy atom. The van der Waals surface area contributed by atoms with Crippen molar-refractivity contribution in [3.8, 4) is 0 Å². The van der Waals surface area contributed by atoms with E-state index in [1.807, 2.05) is 11.4 Å². The minimum absolute atomic E-state index is 0.0277. The van der Waals surface area contributed by atoms with Crippen LogP contribution in [0.5, 0.6) is 0 Å². The third-order valence-electron chi connectivity index (χ3n) is 2.88. The molecule has 1 aliphatic carbocycles. The standard InChI is InChI=1S/C12H17BrN2O2S/c13-9-5-11(18-8-9)6-14-12(17)7-15(3-4-16)10-1-2-10/h5,8,10,16H,1-4,6-7H2,(H,14,17). The Morgan fingerprint density at radius 3 is 2.94 bits per heavy atom. The van der Waals surface area contributed by atoms with Crippen molar-refractivity contribution in [2.24, 2.45) is 0 Å². The van der Waals surface area contributed by atoms with E-state index in [4.69, 9.17) is 5.11 Å². The summed E-state index contributed by atoms with van der Waals surface area (Å²) in [5, 5.41) is 13.9. The van der Waals surface area contributed by atoms with Gasteiger partial charge < -0.3 is 10.4 Å². The molecule has 2 N–H and O–H groups in total. The maximum absolute atomic E-state index is 11.8. The van der Waals surface area contributed by atoms with Crippen molar-refractivity contribution in [1.82, 2.24) is 10.2 Å². The van der Waals surface area contributed by atoms with Crippen LogP contribution in [0.15, 0.2) is 15.9 Å². The number of hydrogen-bond donors (Lipinski definition) is 2. The molecule has 0 spiro atoms. The third kappa shape index (κ3) is 4.35. The van der Waals surface area contributed by atoms with Gasteiger partial charge in [-0.25, -0.2) is 0 Å². The fourth-order valence-electron chi connectivity index (χ4n) is 1.83. The van der Waals surface area contributed by atoms with Crippen LogP contribution in [-0.4, -0.2) is 41.7 Å². The number of halogens is 1. The maximum Gasteiger partial charge on any atom is 0.234 e. The summed E-state index contributed by atoms with van der Waals surface area (Å²) >= 11 is 5.01. The molecule has 0 atom stereocenters. The Kier molecular flexibility index (Phi) is 5.17. The summed E-state index contributed by atoms with van der Waals surface area (Å²) in [4.78, 5) is 15.0. The zero-order chi connectivity index (χ0) is 13.0. The lowest BCUT2D eigenvalue weighted by Gasteiger charge is -2.19. The topological polar surface area (TPSA) is 52.6 Å². The van der Waals surface area contributed by atoms with Crippen LogP contribution in [-0.2, 0) is 11.3 Å². The highest BCUT2D eigenvalue weighted by Crippen LogP contribution is 2.26. The predicted molar refractivity (Wildman–Crippen MR) is 75.5 cm³/mol. The first-order valence-electron chi connectivity index (χ1n) is 6.03. The Labute approximate surface area is 119 Å². The molecule has 1 aromatic rings. The van der Waals surface area contributed by atoms with Crippen LogP contribution < -0.4 is 5.32 Å². The molecule has 18 heavy (non-hydrogen) atoms. The smallest absolute Gasteiger partial charge is 0.234 e.